The number of benzene rings is 1. The van der Waals surface area contributed by atoms with Crippen LogP contribution in [0.2, 0.25) is 0 Å². The van der Waals surface area contributed by atoms with Gasteiger partial charge in [-0.2, -0.15) is 0 Å². The maximum atomic E-state index is 5.97. The summed E-state index contributed by atoms with van der Waals surface area (Å²) < 4.78 is 0. The first-order valence-electron chi connectivity index (χ1n) is 8.17. The molecule has 2 fully saturated rings. The highest BCUT2D eigenvalue weighted by molar-refractivity contribution is 5.84. The maximum Gasteiger partial charge on any atom is 0.129 e. The number of hydrogen-bond acceptors (Lipinski definition) is 3. The van der Waals surface area contributed by atoms with Crippen LogP contribution in [0, 0.1) is 11.8 Å². The molecule has 1 aromatic heterocycles. The second-order valence-corrected chi connectivity index (χ2v) is 6.65. The zero-order valence-corrected chi connectivity index (χ0v) is 12.5. The predicted molar refractivity (Wildman–Crippen MR) is 87.3 cm³/mol. The predicted octanol–water partition coefficient (Wildman–Crippen LogP) is 3.32. The number of fused-ring (bicyclic) bond motifs is 1. The summed E-state index contributed by atoms with van der Waals surface area (Å²) in [5.74, 6) is 2.91. The lowest BCUT2D eigenvalue weighted by Gasteiger charge is -2.25. The van der Waals surface area contributed by atoms with Gasteiger partial charge in [0.2, 0.25) is 0 Å². The molecule has 2 aliphatic carbocycles. The molecule has 2 aliphatic rings. The van der Waals surface area contributed by atoms with Crippen molar-refractivity contribution in [3.8, 4) is 0 Å². The Hall–Kier alpha value is -1.61. The van der Waals surface area contributed by atoms with E-state index < -0.39 is 0 Å². The topological polar surface area (TPSA) is 42.1 Å². The molecule has 0 aliphatic heterocycles. The Kier molecular flexibility index (Phi) is 3.30. The van der Waals surface area contributed by atoms with Gasteiger partial charge in [0, 0.05) is 25.0 Å². The van der Waals surface area contributed by atoms with Crippen molar-refractivity contribution in [1.82, 2.24) is 4.98 Å². The molecule has 2 aromatic rings. The van der Waals surface area contributed by atoms with Crippen LogP contribution < -0.4 is 10.6 Å². The molecule has 1 aromatic carbocycles. The Balaban J connectivity index is 1.71. The van der Waals surface area contributed by atoms with Gasteiger partial charge in [-0.15, -0.1) is 0 Å². The summed E-state index contributed by atoms with van der Waals surface area (Å²) >= 11 is 0. The summed E-state index contributed by atoms with van der Waals surface area (Å²) in [4.78, 5) is 7.43. The number of pyridine rings is 1. The lowest BCUT2D eigenvalue weighted by molar-refractivity contribution is 0.672. The number of nitrogens with two attached hydrogens (primary N) is 1. The maximum absolute atomic E-state index is 5.97. The van der Waals surface area contributed by atoms with Gasteiger partial charge in [-0.1, -0.05) is 18.2 Å². The van der Waals surface area contributed by atoms with Crippen LogP contribution in [0.1, 0.15) is 31.2 Å². The Morgan fingerprint density at radius 2 is 1.71 bits per heavy atom. The van der Waals surface area contributed by atoms with Crippen molar-refractivity contribution in [2.24, 2.45) is 17.6 Å². The summed E-state index contributed by atoms with van der Waals surface area (Å²) in [6.07, 6.45) is 5.55. The van der Waals surface area contributed by atoms with Crippen molar-refractivity contribution < 1.29 is 0 Å². The van der Waals surface area contributed by atoms with Crippen LogP contribution in [0.3, 0.4) is 0 Å². The van der Waals surface area contributed by atoms with Gasteiger partial charge in [0.05, 0.1) is 5.52 Å². The lowest BCUT2D eigenvalue weighted by Crippen LogP contribution is -2.29. The second-order valence-electron chi connectivity index (χ2n) is 6.65. The zero-order valence-electron chi connectivity index (χ0n) is 12.5. The van der Waals surface area contributed by atoms with Crippen molar-refractivity contribution in [2.75, 3.05) is 18.0 Å². The molecule has 0 bridgehead atoms. The molecular formula is C18H23N3. The zero-order chi connectivity index (χ0) is 14.2. The Bertz CT molecular complexity index is 630. The summed E-state index contributed by atoms with van der Waals surface area (Å²) in [7, 11) is 0. The molecule has 3 heteroatoms. The van der Waals surface area contributed by atoms with Gasteiger partial charge < -0.3 is 10.6 Å². The van der Waals surface area contributed by atoms with Crippen LogP contribution in [0.4, 0.5) is 5.82 Å². The van der Waals surface area contributed by atoms with E-state index in [4.69, 9.17) is 10.7 Å². The van der Waals surface area contributed by atoms with Gasteiger partial charge in [0.25, 0.3) is 0 Å². The van der Waals surface area contributed by atoms with Crippen LogP contribution in [-0.4, -0.2) is 18.1 Å². The third-order valence-electron chi connectivity index (χ3n) is 4.68. The van der Waals surface area contributed by atoms with Gasteiger partial charge in [0.15, 0.2) is 0 Å². The molecule has 0 saturated heterocycles. The average molecular weight is 281 g/mol. The quantitative estimate of drug-likeness (QED) is 0.883. The van der Waals surface area contributed by atoms with E-state index in [1.54, 1.807) is 0 Å². The number of anilines is 1. The summed E-state index contributed by atoms with van der Waals surface area (Å²) in [5, 5.41) is 1.20. The summed E-state index contributed by atoms with van der Waals surface area (Å²) in [5.41, 5.74) is 8.26. The average Bonchev–Trinajstić information content (AvgIpc) is 3.41. The van der Waals surface area contributed by atoms with E-state index in [1.807, 2.05) is 0 Å². The first kappa shape index (κ1) is 13.1. The minimum absolute atomic E-state index is 0.580. The van der Waals surface area contributed by atoms with Crippen LogP contribution in [0.25, 0.3) is 10.9 Å². The summed E-state index contributed by atoms with van der Waals surface area (Å²) in [6.45, 7) is 2.93. The molecule has 0 atom stereocenters. The molecule has 2 N–H and O–H groups in total. The Labute approximate surface area is 126 Å². The molecule has 1 heterocycles. The normalized spacial score (nSPS) is 18.1. The van der Waals surface area contributed by atoms with Crippen LogP contribution in [0.15, 0.2) is 30.3 Å². The van der Waals surface area contributed by atoms with Gasteiger partial charge in [0.1, 0.15) is 5.82 Å². The third-order valence-corrected chi connectivity index (χ3v) is 4.68. The molecule has 2 saturated carbocycles. The first-order valence-corrected chi connectivity index (χ1v) is 8.17. The molecule has 0 spiro atoms. The van der Waals surface area contributed by atoms with Gasteiger partial charge in [-0.05, 0) is 55.2 Å². The monoisotopic (exact) mass is 281 g/mol. The van der Waals surface area contributed by atoms with Crippen LogP contribution in [0.5, 0.6) is 0 Å². The van der Waals surface area contributed by atoms with E-state index in [0.29, 0.717) is 6.54 Å². The third kappa shape index (κ3) is 2.88. The van der Waals surface area contributed by atoms with E-state index in [2.05, 4.69) is 35.2 Å². The molecule has 4 rings (SSSR count). The van der Waals surface area contributed by atoms with Crippen molar-refractivity contribution >= 4 is 16.7 Å². The number of aromatic nitrogens is 1. The van der Waals surface area contributed by atoms with Crippen LogP contribution in [-0.2, 0) is 6.54 Å². The number of hydrogen-bond donors (Lipinski definition) is 1. The summed E-state index contributed by atoms with van der Waals surface area (Å²) in [6, 6.07) is 10.6. The Morgan fingerprint density at radius 1 is 1.05 bits per heavy atom. The van der Waals surface area contributed by atoms with E-state index >= 15 is 0 Å². The minimum Gasteiger partial charge on any atom is -0.356 e. The van der Waals surface area contributed by atoms with Crippen molar-refractivity contribution in [3.63, 3.8) is 0 Å². The first-order chi connectivity index (χ1) is 10.3. The molecule has 0 radical (unpaired) electrons. The fourth-order valence-electron chi connectivity index (χ4n) is 3.05. The van der Waals surface area contributed by atoms with Crippen molar-refractivity contribution in [3.05, 3.63) is 35.9 Å². The molecule has 110 valence electrons. The van der Waals surface area contributed by atoms with Gasteiger partial charge in [-0.25, -0.2) is 4.98 Å². The SMILES string of the molecule is NCc1cc(N(CC2CC2)CC2CC2)nc2ccccc12. The van der Waals surface area contributed by atoms with E-state index in [0.717, 1.165) is 23.2 Å². The fourth-order valence-corrected chi connectivity index (χ4v) is 3.05. The molecule has 0 unspecified atom stereocenters. The fraction of sp³-hybridized carbons (Fsp3) is 0.500. The molecule has 21 heavy (non-hydrogen) atoms. The number of para-hydroxylation sites is 1. The van der Waals surface area contributed by atoms with E-state index in [-0.39, 0.29) is 0 Å². The molecule has 3 nitrogen and oxygen atoms in total. The largest absolute Gasteiger partial charge is 0.356 e. The highest BCUT2D eigenvalue weighted by Gasteiger charge is 2.30. The number of rotatable bonds is 6. The number of nitrogens with zero attached hydrogens (tertiary/aromatic N) is 2. The highest BCUT2D eigenvalue weighted by atomic mass is 15.2. The minimum atomic E-state index is 0.580. The van der Waals surface area contributed by atoms with Crippen molar-refractivity contribution in [2.45, 2.75) is 32.2 Å². The Morgan fingerprint density at radius 3 is 2.33 bits per heavy atom. The molecular weight excluding hydrogens is 258 g/mol. The standard InChI is InChI=1S/C18H23N3/c19-10-15-9-18(20-17-4-2-1-3-16(15)17)21(11-13-5-6-13)12-14-7-8-14/h1-4,9,13-14H,5-8,10-12,19H2. The molecule has 0 amide bonds. The lowest BCUT2D eigenvalue weighted by atomic mass is 10.1. The van der Waals surface area contributed by atoms with E-state index in [1.165, 1.54) is 49.7 Å². The van der Waals surface area contributed by atoms with Gasteiger partial charge >= 0.3 is 0 Å². The van der Waals surface area contributed by atoms with Crippen molar-refractivity contribution in [1.29, 1.82) is 0 Å². The van der Waals surface area contributed by atoms with Gasteiger partial charge in [-0.3, -0.25) is 0 Å². The van der Waals surface area contributed by atoms with E-state index in [9.17, 15) is 0 Å². The smallest absolute Gasteiger partial charge is 0.129 e. The second kappa shape index (κ2) is 5.30. The highest BCUT2D eigenvalue weighted by Crippen LogP contribution is 2.36. The van der Waals surface area contributed by atoms with Crippen LogP contribution >= 0.6 is 0 Å².